The van der Waals surface area contributed by atoms with Gasteiger partial charge in [0.1, 0.15) is 23.0 Å². The number of nitrogens with zero attached hydrogens (tertiary/aromatic N) is 2. The number of hydrogen-bond donors (Lipinski definition) is 0. The van der Waals surface area contributed by atoms with Crippen LogP contribution in [0.5, 0.6) is 5.75 Å². The summed E-state index contributed by atoms with van der Waals surface area (Å²) in [6.07, 6.45) is 26.3. The van der Waals surface area contributed by atoms with Crippen molar-refractivity contribution in [2.45, 2.75) is 50.3 Å². The molecule has 7 aliphatic rings. The fourth-order valence-corrected chi connectivity index (χ4v) is 10.8. The minimum Gasteiger partial charge on any atom is -0.485 e. The molecule has 13 rings (SSSR count). The second-order valence-electron chi connectivity index (χ2n) is 16.6. The molecule has 0 spiro atoms. The van der Waals surface area contributed by atoms with E-state index in [2.05, 4.69) is 162 Å². The Hall–Kier alpha value is -6.78. The standard InChI is InChI=1S/C54H40N2O2/c1-4-13-48-40(8-1)45-11-7-12-46-47-32-39(26-29-49(47)56(48)54(45)46)55(37-22-16-33(17-23-37)35-20-27-43-41-9-2-5-14-50(41)57-52(43)30-35)38-24-18-34(19-25-38)36-21-28-44-42-10-3-6-15-51(42)58-53(44)31-36/h1-12,14-18,20-24,26-28,30,32,48-49,53H,13,19,25,29,31H2. The van der Waals surface area contributed by atoms with Crippen molar-refractivity contribution in [3.63, 3.8) is 0 Å². The number of hydrogen-bond acceptors (Lipinski definition) is 4. The largest absolute Gasteiger partial charge is 0.485 e. The van der Waals surface area contributed by atoms with Crippen LogP contribution in [0.4, 0.5) is 11.4 Å². The molecule has 0 fully saturated rings. The Morgan fingerprint density at radius 3 is 2.31 bits per heavy atom. The lowest BCUT2D eigenvalue weighted by Gasteiger charge is -2.36. The highest BCUT2D eigenvalue weighted by Crippen LogP contribution is 2.56. The van der Waals surface area contributed by atoms with Crippen LogP contribution in [0.3, 0.4) is 0 Å². The zero-order valence-corrected chi connectivity index (χ0v) is 32.1. The van der Waals surface area contributed by atoms with Gasteiger partial charge < -0.3 is 19.0 Å². The number of rotatable bonds is 5. The van der Waals surface area contributed by atoms with E-state index in [1.165, 1.54) is 72.9 Å². The lowest BCUT2D eigenvalue weighted by atomic mass is 9.85. The first-order chi connectivity index (χ1) is 28.7. The van der Waals surface area contributed by atoms with Crippen LogP contribution in [0, 0.1) is 0 Å². The average molecular weight is 749 g/mol. The van der Waals surface area contributed by atoms with Gasteiger partial charge >= 0.3 is 0 Å². The van der Waals surface area contributed by atoms with Crippen LogP contribution in [-0.4, -0.2) is 18.2 Å². The summed E-state index contributed by atoms with van der Waals surface area (Å²) in [5.41, 5.74) is 20.4. The normalized spacial score (nSPS) is 22.0. The van der Waals surface area contributed by atoms with Crippen LogP contribution in [0.2, 0.25) is 0 Å². The van der Waals surface area contributed by atoms with Gasteiger partial charge in [0, 0.05) is 56.5 Å². The summed E-state index contributed by atoms with van der Waals surface area (Å²) in [7, 11) is 0. The van der Waals surface area contributed by atoms with Crippen LogP contribution in [0.15, 0.2) is 191 Å². The molecular weight excluding hydrogens is 709 g/mol. The van der Waals surface area contributed by atoms with Crippen LogP contribution in [0.1, 0.15) is 48.8 Å². The Morgan fingerprint density at radius 1 is 0.603 bits per heavy atom. The molecule has 4 aliphatic carbocycles. The van der Waals surface area contributed by atoms with Gasteiger partial charge in [-0.25, -0.2) is 0 Å². The third-order valence-corrected chi connectivity index (χ3v) is 13.5. The topological polar surface area (TPSA) is 28.9 Å². The molecule has 3 atom stereocenters. The second-order valence-corrected chi connectivity index (χ2v) is 16.6. The molecule has 3 unspecified atom stereocenters. The molecule has 3 aliphatic heterocycles. The first-order valence-corrected chi connectivity index (χ1v) is 20.8. The smallest absolute Gasteiger partial charge is 0.136 e. The van der Waals surface area contributed by atoms with E-state index in [0.717, 1.165) is 65.4 Å². The predicted octanol–water partition coefficient (Wildman–Crippen LogP) is 13.1. The summed E-state index contributed by atoms with van der Waals surface area (Å²) < 4.78 is 12.7. The van der Waals surface area contributed by atoms with E-state index in [1.807, 2.05) is 12.1 Å². The highest BCUT2D eigenvalue weighted by atomic mass is 16.5. The fraction of sp³-hybridized carbons (Fsp3) is 0.148. The molecule has 0 radical (unpaired) electrons. The van der Waals surface area contributed by atoms with Crippen molar-refractivity contribution in [3.8, 4) is 16.9 Å². The number of anilines is 2. The van der Waals surface area contributed by atoms with Crippen molar-refractivity contribution in [3.05, 3.63) is 203 Å². The average Bonchev–Trinajstić information content (AvgIpc) is 4.03. The first kappa shape index (κ1) is 32.3. The zero-order chi connectivity index (χ0) is 37.9. The minimum atomic E-state index is 0.0932. The van der Waals surface area contributed by atoms with Gasteiger partial charge in [-0.1, -0.05) is 115 Å². The molecule has 278 valence electrons. The van der Waals surface area contributed by atoms with E-state index in [9.17, 15) is 0 Å². The molecule has 0 N–H and O–H groups in total. The van der Waals surface area contributed by atoms with Crippen LogP contribution in [0.25, 0.3) is 49.8 Å². The molecule has 4 nitrogen and oxygen atoms in total. The lowest BCUT2D eigenvalue weighted by Crippen LogP contribution is -2.39. The van der Waals surface area contributed by atoms with Gasteiger partial charge in [0.05, 0.1) is 17.8 Å². The third-order valence-electron chi connectivity index (χ3n) is 13.5. The first-order valence-electron chi connectivity index (χ1n) is 20.8. The fourth-order valence-electron chi connectivity index (χ4n) is 10.8. The number of furan rings is 1. The summed E-state index contributed by atoms with van der Waals surface area (Å²) in [4.78, 5) is 5.26. The highest BCUT2D eigenvalue weighted by Gasteiger charge is 2.46. The maximum Gasteiger partial charge on any atom is 0.136 e. The van der Waals surface area contributed by atoms with Gasteiger partial charge in [0.2, 0.25) is 0 Å². The summed E-state index contributed by atoms with van der Waals surface area (Å²) in [6.45, 7) is 0. The number of ether oxygens (including phenoxy) is 1. The Kier molecular flexibility index (Phi) is 6.89. The highest BCUT2D eigenvalue weighted by molar-refractivity contribution is 6.06. The molecular formula is C54H40N2O2. The Labute approximate surface area is 338 Å². The molecule has 6 aromatic rings. The van der Waals surface area contributed by atoms with Crippen molar-refractivity contribution < 1.29 is 9.15 Å². The minimum absolute atomic E-state index is 0.0932. The third kappa shape index (κ3) is 4.75. The summed E-state index contributed by atoms with van der Waals surface area (Å²) in [5, 5.41) is 2.31. The SMILES string of the molecule is C1=CCC2C(=C1)c1cccc3c1N2C1CC=C(N(C2=CC=C(C4=CC=C5c6ccccc6OC5C4)CC2)c2ccc(-c4ccc5c(c4)oc4ccccc45)cc2)C=C31. The van der Waals surface area contributed by atoms with Gasteiger partial charge in [0.15, 0.2) is 0 Å². The Balaban J connectivity index is 0.871. The van der Waals surface area contributed by atoms with E-state index in [1.54, 1.807) is 0 Å². The van der Waals surface area contributed by atoms with Gasteiger partial charge in [-0.3, -0.25) is 0 Å². The zero-order valence-electron chi connectivity index (χ0n) is 32.1. The van der Waals surface area contributed by atoms with E-state index in [4.69, 9.17) is 9.15 Å². The number of allylic oxidation sites excluding steroid dienone is 9. The van der Waals surface area contributed by atoms with E-state index < -0.39 is 0 Å². The van der Waals surface area contributed by atoms with Crippen LogP contribution < -0.4 is 14.5 Å². The van der Waals surface area contributed by atoms with Crippen molar-refractivity contribution in [2.75, 3.05) is 9.80 Å². The van der Waals surface area contributed by atoms with E-state index in [0.29, 0.717) is 12.1 Å². The van der Waals surface area contributed by atoms with Gasteiger partial charge in [-0.15, -0.1) is 0 Å². The lowest BCUT2D eigenvalue weighted by molar-refractivity contribution is 0.275. The van der Waals surface area contributed by atoms with Crippen molar-refractivity contribution in [1.29, 1.82) is 0 Å². The van der Waals surface area contributed by atoms with Crippen molar-refractivity contribution in [2.24, 2.45) is 0 Å². The molecule has 0 bridgehead atoms. The molecule has 5 aromatic carbocycles. The van der Waals surface area contributed by atoms with Crippen molar-refractivity contribution in [1.82, 2.24) is 0 Å². The van der Waals surface area contributed by atoms with E-state index >= 15 is 0 Å². The van der Waals surface area contributed by atoms with Gasteiger partial charge in [-0.05, 0) is 108 Å². The van der Waals surface area contributed by atoms with Gasteiger partial charge in [-0.2, -0.15) is 0 Å². The maximum absolute atomic E-state index is 6.42. The number of benzene rings is 5. The maximum atomic E-state index is 6.42. The quantitative estimate of drug-likeness (QED) is 0.176. The monoisotopic (exact) mass is 748 g/mol. The summed E-state index contributed by atoms with van der Waals surface area (Å²) in [5.74, 6) is 1.00. The molecule has 0 saturated heterocycles. The number of para-hydroxylation sites is 3. The molecule has 4 heterocycles. The van der Waals surface area contributed by atoms with Crippen LogP contribution in [-0.2, 0) is 0 Å². The molecule has 0 amide bonds. The van der Waals surface area contributed by atoms with Crippen LogP contribution >= 0.6 is 0 Å². The molecule has 58 heavy (non-hydrogen) atoms. The van der Waals surface area contributed by atoms with E-state index in [-0.39, 0.29) is 6.10 Å². The van der Waals surface area contributed by atoms with Crippen molar-refractivity contribution >= 4 is 50.0 Å². The summed E-state index contributed by atoms with van der Waals surface area (Å²) in [6, 6.07) is 40.2. The summed E-state index contributed by atoms with van der Waals surface area (Å²) >= 11 is 0. The van der Waals surface area contributed by atoms with Gasteiger partial charge in [0.25, 0.3) is 0 Å². The predicted molar refractivity (Wildman–Crippen MR) is 237 cm³/mol. The molecule has 1 aromatic heterocycles. The Bertz CT molecular complexity index is 3030. The Morgan fingerprint density at radius 2 is 1.40 bits per heavy atom. The molecule has 4 heteroatoms. The molecule has 0 saturated carbocycles. The number of fused-ring (bicyclic) bond motifs is 12. The second kappa shape index (κ2) is 12.4.